The number of phenols is 1. The van der Waals surface area contributed by atoms with E-state index in [-0.39, 0.29) is 28.3 Å². The van der Waals surface area contributed by atoms with Gasteiger partial charge in [-0.05, 0) is 51.8 Å². The summed E-state index contributed by atoms with van der Waals surface area (Å²) in [5.41, 5.74) is 0.210. The van der Waals surface area contributed by atoms with Crippen LogP contribution in [0.15, 0.2) is 18.2 Å². The summed E-state index contributed by atoms with van der Waals surface area (Å²) in [6.07, 6.45) is 1.08. The Balaban J connectivity index is 1.99. The smallest absolute Gasteiger partial charge is 0.253 e. The number of halogens is 1. The van der Waals surface area contributed by atoms with E-state index in [1.807, 2.05) is 0 Å². The molecule has 2 rings (SSSR count). The highest BCUT2D eigenvalue weighted by Gasteiger charge is 2.37. The van der Waals surface area contributed by atoms with Gasteiger partial charge < -0.3 is 10.4 Å². The molecule has 1 heterocycles. The van der Waals surface area contributed by atoms with Crippen LogP contribution in [-0.4, -0.2) is 47.6 Å². The van der Waals surface area contributed by atoms with Crippen LogP contribution in [0.25, 0.3) is 0 Å². The second kappa shape index (κ2) is 6.90. The summed E-state index contributed by atoms with van der Waals surface area (Å²) in [6, 6.07) is 4.07. The molecule has 0 unspecified atom stereocenters. The van der Waals surface area contributed by atoms with Crippen molar-refractivity contribution in [1.82, 2.24) is 9.62 Å². The highest BCUT2D eigenvalue weighted by atomic mass is 35.5. The Morgan fingerprint density at radius 2 is 1.88 bits per heavy atom. The minimum atomic E-state index is -3.35. The number of hydrogen-bond donors (Lipinski definition) is 2. The summed E-state index contributed by atoms with van der Waals surface area (Å²) >= 11 is 5.98. The molecule has 0 atom stereocenters. The maximum absolute atomic E-state index is 12.4. The molecule has 0 saturated carbocycles. The fourth-order valence-electron chi connectivity index (χ4n) is 2.58. The Morgan fingerprint density at radius 3 is 2.42 bits per heavy atom. The minimum Gasteiger partial charge on any atom is -0.508 e. The van der Waals surface area contributed by atoms with Crippen LogP contribution in [-0.2, 0) is 10.0 Å². The van der Waals surface area contributed by atoms with E-state index in [2.05, 4.69) is 5.32 Å². The van der Waals surface area contributed by atoms with Crippen molar-refractivity contribution in [2.24, 2.45) is 0 Å². The van der Waals surface area contributed by atoms with Gasteiger partial charge in [0.25, 0.3) is 5.91 Å². The first-order valence-corrected chi connectivity index (χ1v) is 9.63. The van der Waals surface area contributed by atoms with Gasteiger partial charge >= 0.3 is 0 Å². The summed E-state index contributed by atoms with van der Waals surface area (Å²) in [5.74, 6) is -0.399. The maximum atomic E-state index is 12.4. The van der Waals surface area contributed by atoms with Crippen LogP contribution < -0.4 is 5.32 Å². The van der Waals surface area contributed by atoms with Crippen molar-refractivity contribution >= 4 is 27.5 Å². The molecule has 134 valence electrons. The number of benzene rings is 1. The quantitative estimate of drug-likeness (QED) is 0.850. The first-order valence-electron chi connectivity index (χ1n) is 7.81. The van der Waals surface area contributed by atoms with Crippen molar-refractivity contribution in [2.45, 2.75) is 44.4 Å². The van der Waals surface area contributed by atoms with Crippen molar-refractivity contribution in [3.05, 3.63) is 28.8 Å². The summed E-state index contributed by atoms with van der Waals surface area (Å²) < 4.78 is 25.5. The molecular formula is C16H23ClN2O4S. The lowest BCUT2D eigenvalue weighted by Gasteiger charge is -2.35. The molecule has 1 aromatic rings. The van der Waals surface area contributed by atoms with Crippen LogP contribution in [0.3, 0.4) is 0 Å². The first kappa shape index (κ1) is 19.0. The topological polar surface area (TPSA) is 86.7 Å². The molecular weight excluding hydrogens is 352 g/mol. The van der Waals surface area contributed by atoms with E-state index in [4.69, 9.17) is 11.6 Å². The number of nitrogens with zero attached hydrogens (tertiary/aromatic N) is 1. The van der Waals surface area contributed by atoms with E-state index in [1.54, 1.807) is 20.8 Å². The predicted octanol–water partition coefficient (Wildman–Crippen LogP) is 2.37. The predicted molar refractivity (Wildman–Crippen MR) is 93.9 cm³/mol. The SMILES string of the molecule is CC(C)(C)S(=O)(=O)N1CCC(NC(=O)c2cc(O)ccc2Cl)CC1. The number of phenolic OH excluding ortho intramolecular Hbond substituents is 1. The van der Waals surface area contributed by atoms with E-state index in [9.17, 15) is 18.3 Å². The molecule has 8 heteroatoms. The van der Waals surface area contributed by atoms with Crippen molar-refractivity contribution in [1.29, 1.82) is 0 Å². The van der Waals surface area contributed by atoms with Crippen molar-refractivity contribution < 1.29 is 18.3 Å². The zero-order valence-corrected chi connectivity index (χ0v) is 15.6. The van der Waals surface area contributed by atoms with E-state index in [1.165, 1.54) is 22.5 Å². The van der Waals surface area contributed by atoms with Gasteiger partial charge in [-0.3, -0.25) is 4.79 Å². The lowest BCUT2D eigenvalue weighted by molar-refractivity contribution is 0.0923. The van der Waals surface area contributed by atoms with E-state index in [0.29, 0.717) is 25.9 Å². The maximum Gasteiger partial charge on any atom is 0.253 e. The molecule has 24 heavy (non-hydrogen) atoms. The van der Waals surface area contributed by atoms with Gasteiger partial charge in [-0.15, -0.1) is 0 Å². The van der Waals surface area contributed by atoms with Gasteiger partial charge in [0.15, 0.2) is 0 Å². The summed E-state index contributed by atoms with van der Waals surface area (Å²) in [5, 5.41) is 12.6. The van der Waals surface area contributed by atoms with Crippen molar-refractivity contribution in [3.63, 3.8) is 0 Å². The van der Waals surface area contributed by atoms with Gasteiger partial charge in [-0.2, -0.15) is 0 Å². The van der Waals surface area contributed by atoms with E-state index < -0.39 is 14.8 Å². The number of aromatic hydroxyl groups is 1. The molecule has 0 aromatic heterocycles. The number of sulfonamides is 1. The summed E-state index contributed by atoms with van der Waals surface area (Å²) in [6.45, 7) is 5.79. The zero-order valence-electron chi connectivity index (χ0n) is 14.0. The number of hydrogen-bond acceptors (Lipinski definition) is 4. The first-order chi connectivity index (χ1) is 11.0. The Bertz CT molecular complexity index is 720. The van der Waals surface area contributed by atoms with Gasteiger partial charge in [0, 0.05) is 19.1 Å². The van der Waals surface area contributed by atoms with Crippen molar-refractivity contribution in [3.8, 4) is 5.75 Å². The molecule has 6 nitrogen and oxygen atoms in total. The monoisotopic (exact) mass is 374 g/mol. The van der Waals surface area contributed by atoms with Gasteiger partial charge in [0.2, 0.25) is 10.0 Å². The number of nitrogens with one attached hydrogen (secondary N) is 1. The lowest BCUT2D eigenvalue weighted by Crippen LogP contribution is -2.50. The molecule has 1 aliphatic rings. The van der Waals surface area contributed by atoms with Crippen LogP contribution in [0, 0.1) is 0 Å². The largest absolute Gasteiger partial charge is 0.508 e. The average Bonchev–Trinajstić information content (AvgIpc) is 2.49. The van der Waals surface area contributed by atoms with Crippen LogP contribution >= 0.6 is 11.6 Å². The third-order valence-corrected chi connectivity index (χ3v) is 7.02. The van der Waals surface area contributed by atoms with Crippen LogP contribution in [0.5, 0.6) is 5.75 Å². The van der Waals surface area contributed by atoms with E-state index >= 15 is 0 Å². The molecule has 1 fully saturated rings. The Labute approximate surface area is 147 Å². The van der Waals surface area contributed by atoms with Gasteiger partial charge in [0.05, 0.1) is 15.3 Å². The molecule has 1 aromatic carbocycles. The Kier molecular flexibility index (Phi) is 5.47. The third kappa shape index (κ3) is 4.02. The normalized spacial score (nSPS) is 17.7. The van der Waals surface area contributed by atoms with Crippen molar-refractivity contribution in [2.75, 3.05) is 13.1 Å². The number of piperidine rings is 1. The number of amides is 1. The second-order valence-corrected chi connectivity index (χ2v) is 10.0. The van der Waals surface area contributed by atoms with Gasteiger partial charge in [-0.25, -0.2) is 12.7 Å². The highest BCUT2D eigenvalue weighted by Crippen LogP contribution is 2.25. The summed E-state index contributed by atoms with van der Waals surface area (Å²) in [4.78, 5) is 12.3. The van der Waals surface area contributed by atoms with E-state index in [0.717, 1.165) is 0 Å². The molecule has 1 aliphatic heterocycles. The summed E-state index contributed by atoms with van der Waals surface area (Å²) in [7, 11) is -3.35. The zero-order chi connectivity index (χ0) is 18.1. The highest BCUT2D eigenvalue weighted by molar-refractivity contribution is 7.90. The molecule has 1 saturated heterocycles. The third-order valence-electron chi connectivity index (χ3n) is 4.10. The standard InChI is InChI=1S/C16H23ClN2O4S/c1-16(2,3)24(22,23)19-8-6-11(7-9-19)18-15(21)13-10-12(20)4-5-14(13)17/h4-5,10-11,20H,6-9H2,1-3H3,(H,18,21). The van der Waals surface area contributed by atoms with Crippen LogP contribution in [0.4, 0.5) is 0 Å². The molecule has 0 bridgehead atoms. The van der Waals surface area contributed by atoms with Gasteiger partial charge in [0.1, 0.15) is 5.75 Å². The Hall–Kier alpha value is -1.31. The molecule has 1 amide bonds. The number of rotatable bonds is 3. The molecule has 0 aliphatic carbocycles. The second-order valence-electron chi connectivity index (χ2n) is 6.93. The number of carbonyl (C=O) groups is 1. The minimum absolute atomic E-state index is 0.0318. The lowest BCUT2D eigenvalue weighted by atomic mass is 10.1. The van der Waals surface area contributed by atoms with Crippen LogP contribution in [0.2, 0.25) is 5.02 Å². The molecule has 0 radical (unpaired) electrons. The average molecular weight is 375 g/mol. The van der Waals surface area contributed by atoms with Crippen LogP contribution in [0.1, 0.15) is 44.0 Å². The molecule has 0 spiro atoms. The fourth-order valence-corrected chi connectivity index (χ4v) is 4.25. The molecule has 2 N–H and O–H groups in total. The Morgan fingerprint density at radius 1 is 1.29 bits per heavy atom. The number of carbonyl (C=O) groups excluding carboxylic acids is 1. The van der Waals surface area contributed by atoms with Gasteiger partial charge in [-0.1, -0.05) is 11.6 Å². The fraction of sp³-hybridized carbons (Fsp3) is 0.562.